The lowest BCUT2D eigenvalue weighted by molar-refractivity contribution is 0.687. The monoisotopic (exact) mass is 346 g/mol. The molecular formula is C20H22N6. The summed E-state index contributed by atoms with van der Waals surface area (Å²) in [6, 6.07) is 16.2. The van der Waals surface area contributed by atoms with Crippen LogP contribution in [0.2, 0.25) is 0 Å². The summed E-state index contributed by atoms with van der Waals surface area (Å²) < 4.78 is 1.78. The number of para-hydroxylation sites is 1. The summed E-state index contributed by atoms with van der Waals surface area (Å²) >= 11 is 0. The van der Waals surface area contributed by atoms with Gasteiger partial charge in [0, 0.05) is 5.69 Å². The number of hydrogen-bond acceptors (Lipinski definition) is 3. The first kappa shape index (κ1) is 16.3. The zero-order chi connectivity index (χ0) is 17.8. The molecule has 1 aliphatic carbocycles. The van der Waals surface area contributed by atoms with E-state index < -0.39 is 0 Å². The fourth-order valence-corrected chi connectivity index (χ4v) is 3.39. The maximum Gasteiger partial charge on any atom is 0.193 e. The van der Waals surface area contributed by atoms with Crippen molar-refractivity contribution in [1.29, 1.82) is 0 Å². The van der Waals surface area contributed by atoms with E-state index in [-0.39, 0.29) is 0 Å². The van der Waals surface area contributed by atoms with Crippen LogP contribution in [0.3, 0.4) is 0 Å². The van der Waals surface area contributed by atoms with Crippen molar-refractivity contribution in [2.75, 3.05) is 5.32 Å². The van der Waals surface area contributed by atoms with Crippen LogP contribution < -0.4 is 11.1 Å². The minimum absolute atomic E-state index is 0.364. The molecule has 1 heterocycles. The van der Waals surface area contributed by atoms with Crippen LogP contribution in [0.15, 0.2) is 59.9 Å². The van der Waals surface area contributed by atoms with Gasteiger partial charge in [-0.1, -0.05) is 30.3 Å². The summed E-state index contributed by atoms with van der Waals surface area (Å²) in [5.41, 5.74) is 10.9. The van der Waals surface area contributed by atoms with Gasteiger partial charge in [0.05, 0.1) is 5.69 Å². The molecule has 26 heavy (non-hydrogen) atoms. The normalized spacial score (nSPS) is 14.1. The Kier molecular flexibility index (Phi) is 4.64. The quantitative estimate of drug-likeness (QED) is 0.562. The summed E-state index contributed by atoms with van der Waals surface area (Å²) in [6.07, 6.45) is 6.25. The van der Waals surface area contributed by atoms with Crippen molar-refractivity contribution in [2.24, 2.45) is 10.7 Å². The summed E-state index contributed by atoms with van der Waals surface area (Å²) in [5.74, 6) is 1.14. The predicted octanol–water partition coefficient (Wildman–Crippen LogP) is 3.07. The molecule has 0 amide bonds. The highest BCUT2D eigenvalue weighted by molar-refractivity contribution is 5.93. The molecule has 0 aliphatic heterocycles. The lowest BCUT2D eigenvalue weighted by atomic mass is 9.90. The number of nitrogens with one attached hydrogen (secondary N) is 1. The number of aryl methyl sites for hydroxylation is 1. The summed E-state index contributed by atoms with van der Waals surface area (Å²) in [4.78, 5) is 8.76. The van der Waals surface area contributed by atoms with Crippen molar-refractivity contribution >= 4 is 11.6 Å². The van der Waals surface area contributed by atoms with E-state index in [0.717, 1.165) is 30.0 Å². The molecule has 0 bridgehead atoms. The highest BCUT2D eigenvalue weighted by Crippen LogP contribution is 2.27. The molecule has 1 aromatic heterocycles. The third-order valence-electron chi connectivity index (χ3n) is 4.67. The van der Waals surface area contributed by atoms with Gasteiger partial charge in [-0.05, 0) is 55.0 Å². The zero-order valence-corrected chi connectivity index (χ0v) is 14.6. The van der Waals surface area contributed by atoms with Crippen LogP contribution in [0.5, 0.6) is 0 Å². The van der Waals surface area contributed by atoms with Gasteiger partial charge in [0.2, 0.25) is 0 Å². The minimum Gasteiger partial charge on any atom is -0.370 e. The fourth-order valence-electron chi connectivity index (χ4n) is 3.39. The maximum atomic E-state index is 6.13. The van der Waals surface area contributed by atoms with Crippen molar-refractivity contribution in [2.45, 2.75) is 32.2 Å². The zero-order valence-electron chi connectivity index (χ0n) is 14.6. The summed E-state index contributed by atoms with van der Waals surface area (Å²) in [6.45, 7) is 0.364. The molecular weight excluding hydrogens is 324 g/mol. The molecule has 6 nitrogen and oxygen atoms in total. The minimum atomic E-state index is 0.364. The van der Waals surface area contributed by atoms with Crippen LogP contribution in [0.25, 0.3) is 5.69 Å². The molecule has 3 N–H and O–H groups in total. The number of nitrogens with zero attached hydrogens (tertiary/aromatic N) is 4. The Hall–Kier alpha value is -3.15. The lowest BCUT2D eigenvalue weighted by Crippen LogP contribution is -2.24. The van der Waals surface area contributed by atoms with Crippen molar-refractivity contribution < 1.29 is 0 Å². The Bertz CT molecular complexity index is 913. The topological polar surface area (TPSA) is 81.1 Å². The molecule has 0 atom stereocenters. The molecule has 4 rings (SSSR count). The molecule has 3 aromatic rings. The maximum absolute atomic E-state index is 6.13. The van der Waals surface area contributed by atoms with Gasteiger partial charge >= 0.3 is 0 Å². The van der Waals surface area contributed by atoms with Gasteiger partial charge in [0.25, 0.3) is 0 Å². The van der Waals surface area contributed by atoms with Crippen LogP contribution in [-0.4, -0.2) is 20.7 Å². The number of anilines is 1. The van der Waals surface area contributed by atoms with Gasteiger partial charge in [-0.25, -0.2) is 14.7 Å². The molecule has 0 fully saturated rings. The second-order valence-corrected chi connectivity index (χ2v) is 6.40. The van der Waals surface area contributed by atoms with E-state index in [1.807, 2.05) is 30.3 Å². The highest BCUT2D eigenvalue weighted by atomic mass is 15.3. The van der Waals surface area contributed by atoms with Crippen LogP contribution in [0.4, 0.5) is 5.69 Å². The van der Waals surface area contributed by atoms with Crippen molar-refractivity contribution in [3.05, 3.63) is 71.8 Å². The smallest absolute Gasteiger partial charge is 0.193 e. The third kappa shape index (κ3) is 3.44. The standard InChI is InChI=1S/C20H22N6/c21-20(25-18-12-6-8-15-7-4-5-11-17(15)18)22-13-19-23-14-24-26(19)16-9-2-1-3-10-16/h1-3,6,8-10,12,14H,4-5,7,11,13H2,(H3,21,22,25). The van der Waals surface area contributed by atoms with E-state index in [0.29, 0.717) is 12.5 Å². The first-order valence-corrected chi connectivity index (χ1v) is 8.93. The van der Waals surface area contributed by atoms with Gasteiger partial charge in [-0.2, -0.15) is 5.10 Å². The molecule has 0 saturated carbocycles. The number of benzene rings is 2. The number of aromatic nitrogens is 3. The average molecular weight is 346 g/mol. The fraction of sp³-hybridized carbons (Fsp3) is 0.250. The first-order chi connectivity index (χ1) is 12.8. The van der Waals surface area contributed by atoms with Crippen molar-refractivity contribution in [1.82, 2.24) is 14.8 Å². The van der Waals surface area contributed by atoms with Crippen LogP contribution in [-0.2, 0) is 19.4 Å². The number of fused-ring (bicyclic) bond motifs is 1. The van der Waals surface area contributed by atoms with E-state index >= 15 is 0 Å². The second kappa shape index (κ2) is 7.39. The Labute approximate surface area is 152 Å². The first-order valence-electron chi connectivity index (χ1n) is 8.93. The largest absolute Gasteiger partial charge is 0.370 e. The Morgan fingerprint density at radius 3 is 2.81 bits per heavy atom. The molecule has 0 radical (unpaired) electrons. The molecule has 2 aromatic carbocycles. The van der Waals surface area contributed by atoms with Crippen LogP contribution in [0, 0.1) is 0 Å². The number of hydrogen-bond donors (Lipinski definition) is 2. The Morgan fingerprint density at radius 1 is 1.08 bits per heavy atom. The van der Waals surface area contributed by atoms with Gasteiger partial charge < -0.3 is 11.1 Å². The number of rotatable bonds is 4. The molecule has 0 unspecified atom stereocenters. The van der Waals surface area contributed by atoms with E-state index in [4.69, 9.17) is 5.73 Å². The molecule has 132 valence electrons. The van der Waals surface area contributed by atoms with Crippen LogP contribution in [0.1, 0.15) is 29.8 Å². The summed E-state index contributed by atoms with van der Waals surface area (Å²) in [7, 11) is 0. The second-order valence-electron chi connectivity index (χ2n) is 6.40. The molecule has 1 aliphatic rings. The van der Waals surface area contributed by atoms with Gasteiger partial charge in [0.1, 0.15) is 12.9 Å². The molecule has 0 saturated heterocycles. The Morgan fingerprint density at radius 2 is 1.92 bits per heavy atom. The number of aliphatic imine (C=N–C) groups is 1. The van der Waals surface area contributed by atoms with Gasteiger partial charge in [-0.15, -0.1) is 0 Å². The Balaban J connectivity index is 1.50. The predicted molar refractivity (Wildman–Crippen MR) is 103 cm³/mol. The van der Waals surface area contributed by atoms with Gasteiger partial charge in [-0.3, -0.25) is 0 Å². The van der Waals surface area contributed by atoms with E-state index in [1.54, 1.807) is 4.68 Å². The average Bonchev–Trinajstić information content (AvgIpc) is 3.16. The van der Waals surface area contributed by atoms with E-state index in [9.17, 15) is 0 Å². The van der Waals surface area contributed by atoms with Gasteiger partial charge in [0.15, 0.2) is 11.8 Å². The van der Waals surface area contributed by atoms with E-state index in [1.165, 1.54) is 30.3 Å². The SMILES string of the molecule is NC(=NCc1ncnn1-c1ccccc1)Nc1cccc2c1CCCC2. The number of guanidine groups is 1. The number of nitrogens with two attached hydrogens (primary N) is 1. The van der Waals surface area contributed by atoms with Crippen molar-refractivity contribution in [3.8, 4) is 5.69 Å². The molecule has 6 heteroatoms. The van der Waals surface area contributed by atoms with Crippen molar-refractivity contribution in [3.63, 3.8) is 0 Å². The third-order valence-corrected chi connectivity index (χ3v) is 4.67. The van der Waals surface area contributed by atoms with E-state index in [2.05, 4.69) is 38.6 Å². The molecule has 0 spiro atoms. The van der Waals surface area contributed by atoms with Crippen LogP contribution >= 0.6 is 0 Å². The summed E-state index contributed by atoms with van der Waals surface area (Å²) in [5, 5.41) is 7.54. The lowest BCUT2D eigenvalue weighted by Gasteiger charge is -2.19. The highest BCUT2D eigenvalue weighted by Gasteiger charge is 2.13.